The van der Waals surface area contributed by atoms with Crippen LogP contribution in [0.25, 0.3) is 11.1 Å². The number of esters is 3. The fourth-order valence-corrected chi connectivity index (χ4v) is 31.9. The molecular weight excluding hydrogens is 1950 g/mol. The molecule has 4 fully saturated rings. The number of amides is 8. The molecule has 12 atom stereocenters. The van der Waals surface area contributed by atoms with E-state index in [0.717, 1.165) is 65.8 Å². The van der Waals surface area contributed by atoms with Crippen molar-refractivity contribution in [2.24, 2.45) is 46.6 Å². The third-order valence-electron chi connectivity index (χ3n) is 24.8. The number of likely N-dealkylation sites (tertiary alicyclic amines) is 2. The summed E-state index contributed by atoms with van der Waals surface area (Å²) in [4.78, 5) is 187. The number of ketones is 2. The first-order chi connectivity index (χ1) is 67.3. The number of β-lactam (4-membered cyclic amide) rings is 4. The number of thiophene rings is 4. The number of nitrogens with two attached hydrogens (primary N) is 4. The number of aliphatic hydroxyl groups is 3. The van der Waals surface area contributed by atoms with Gasteiger partial charge in [0.05, 0.1) is 103 Å². The van der Waals surface area contributed by atoms with E-state index in [1.165, 1.54) is 81.2 Å². The Morgan fingerprint density at radius 1 is 0.430 bits per heavy atom. The molecule has 11 N–H and O–H groups in total. The Labute approximate surface area is 859 Å². The van der Waals surface area contributed by atoms with E-state index in [2.05, 4.69) is 19.7 Å². The Bertz CT molecular complexity index is 6530. The van der Waals surface area contributed by atoms with Crippen molar-refractivity contribution in [2.45, 2.75) is 122 Å². The van der Waals surface area contributed by atoms with Crippen molar-refractivity contribution >= 4 is 204 Å². The SMILES string of the molecule is C=CCOC(=O)C(N1C(=O)[C@H]([C@@H](C)O)[C@H]1CC(=O)c1csc(C(N)=O)c1)=P(c1ccccc1)(c1ccccc1)c1ccccc1.C=CCOC(=O)C(N1C(=O)[C@H]([C@@H](C)O[Si](C)(C)C)[C@H]1CC(=O)c1csc(C(N)=O)c1)=P(c1ccccc1)(c1ccccc1)c1ccccc1.C=CCOC(=O)C1=C(c2csc(C(N)=O)c2)C[C@@H]2[C@@H]([C@@H](C)O)C(=O)N12.C[C@@H](O)[C@H]1C(=O)N2C(C(=O)[O-])=C(c3csc(C(N)=O)c3)C[C@H]12.[Na+]. The Morgan fingerprint density at radius 3 is 1.01 bits per heavy atom. The van der Waals surface area contributed by atoms with Crippen LogP contribution in [-0.4, -0.2) is 205 Å². The molecule has 10 heterocycles. The van der Waals surface area contributed by atoms with Gasteiger partial charge in [0.2, 0.25) is 23.6 Å². The van der Waals surface area contributed by atoms with Crippen LogP contribution in [0.5, 0.6) is 0 Å². The molecule has 6 aliphatic rings. The Kier molecular flexibility index (Phi) is 35.6. The van der Waals surface area contributed by atoms with E-state index in [-0.39, 0.29) is 135 Å². The van der Waals surface area contributed by atoms with Crippen molar-refractivity contribution in [3.05, 3.63) is 319 Å². The molecule has 0 aliphatic carbocycles. The van der Waals surface area contributed by atoms with Gasteiger partial charge in [-0.1, -0.05) is 220 Å². The number of aliphatic hydroxyl groups excluding tert-OH is 3. The van der Waals surface area contributed by atoms with Crippen LogP contribution in [0, 0.1) is 23.7 Å². The summed E-state index contributed by atoms with van der Waals surface area (Å²) in [6.45, 7) is 17.0. The van der Waals surface area contributed by atoms with Gasteiger partial charge in [0.15, 0.2) is 19.9 Å². The average molecular weight is 2060 g/mol. The molecule has 10 aromatic rings. The van der Waals surface area contributed by atoms with Gasteiger partial charge < -0.3 is 86.4 Å². The van der Waals surface area contributed by atoms with E-state index < -0.39 is 142 Å². The summed E-state index contributed by atoms with van der Waals surface area (Å²) in [7, 11) is -2.13. The number of carbonyl (C=O) groups is 14. The molecule has 38 heteroatoms. The number of benzene rings is 6. The number of Topliss-reactive ketones (excluding diaryl/α,β-unsaturated/α-hetero) is 2. The number of carboxylic acid groups (broad SMARTS) is 1. The van der Waals surface area contributed by atoms with Gasteiger partial charge in [-0.05, 0) is 149 Å². The van der Waals surface area contributed by atoms with Gasteiger partial charge in [0.1, 0.15) is 36.4 Å². The van der Waals surface area contributed by atoms with Crippen molar-refractivity contribution in [2.75, 3.05) is 19.8 Å². The number of carbonyl (C=O) groups excluding carboxylic acids is 14. The average Bonchev–Trinajstić information content (AvgIpc) is 1.14. The molecule has 30 nitrogen and oxygen atoms in total. The number of ether oxygens (including phenoxy) is 3. The van der Waals surface area contributed by atoms with Gasteiger partial charge in [0, 0.05) is 48.5 Å². The molecule has 8 amide bonds. The van der Waals surface area contributed by atoms with Crippen molar-refractivity contribution in [1.29, 1.82) is 0 Å². The Hall–Kier alpha value is -12.5. The third-order valence-corrected chi connectivity index (χ3v) is 38.1. The minimum Gasteiger partial charge on any atom is -0.543 e. The van der Waals surface area contributed by atoms with Crippen LogP contribution in [0.2, 0.25) is 19.6 Å². The van der Waals surface area contributed by atoms with Crippen molar-refractivity contribution in [1.82, 2.24) is 19.6 Å². The number of fused-ring (bicyclic) bond motifs is 2. The zero-order valence-electron chi connectivity index (χ0n) is 78.9. The smallest absolute Gasteiger partial charge is 0.543 e. The van der Waals surface area contributed by atoms with Crippen molar-refractivity contribution in [3.63, 3.8) is 0 Å². The topological polar surface area (TPSA) is 477 Å². The molecule has 0 radical (unpaired) electrons. The predicted molar refractivity (Wildman–Crippen MR) is 547 cm³/mol. The first-order valence-corrected chi connectivity index (χ1v) is 55.3. The van der Waals surface area contributed by atoms with Gasteiger partial charge in [-0.25, -0.2) is 14.4 Å². The van der Waals surface area contributed by atoms with Gasteiger partial charge in [-0.2, -0.15) is 0 Å². The molecule has 4 saturated heterocycles. The molecule has 0 bridgehead atoms. The summed E-state index contributed by atoms with van der Waals surface area (Å²) in [6, 6.07) is 61.4. The second kappa shape index (κ2) is 46.7. The van der Waals surface area contributed by atoms with Gasteiger partial charge >= 0.3 is 47.5 Å². The molecule has 0 unspecified atom stereocenters. The predicted octanol–water partition coefficient (Wildman–Crippen LogP) is 5.64. The van der Waals surface area contributed by atoms with Crippen molar-refractivity contribution < 1.29 is 136 Å². The van der Waals surface area contributed by atoms with Crippen LogP contribution in [0.3, 0.4) is 0 Å². The number of rotatable bonds is 36. The fraction of sp³-hybridized carbons (Fsp3) is 0.250. The first-order valence-electron chi connectivity index (χ1n) is 44.8. The van der Waals surface area contributed by atoms with Crippen molar-refractivity contribution in [3.8, 4) is 0 Å². The largest absolute Gasteiger partial charge is 1.00 e. The van der Waals surface area contributed by atoms with Crippen LogP contribution in [0.4, 0.5) is 0 Å². The van der Waals surface area contributed by atoms with Crippen LogP contribution < -0.4 is 89.4 Å². The molecule has 6 aliphatic heterocycles. The molecule has 16 rings (SSSR count). The Morgan fingerprint density at radius 2 is 0.718 bits per heavy atom. The number of hydrogen-bond acceptors (Lipinski definition) is 26. The summed E-state index contributed by atoms with van der Waals surface area (Å²) in [5.74, 6) is -10.8. The summed E-state index contributed by atoms with van der Waals surface area (Å²) in [5, 5.41) is 53.1. The molecule has 142 heavy (non-hydrogen) atoms. The summed E-state index contributed by atoms with van der Waals surface area (Å²) in [5.41, 5.74) is 24.5. The van der Waals surface area contributed by atoms with Crippen LogP contribution in [0.1, 0.15) is 124 Å². The number of aliphatic carboxylic acids is 1. The summed E-state index contributed by atoms with van der Waals surface area (Å²) < 4.78 is 23.2. The molecule has 0 spiro atoms. The molecule has 6 aromatic carbocycles. The van der Waals surface area contributed by atoms with Crippen LogP contribution in [0.15, 0.2) is 277 Å². The monoisotopic (exact) mass is 2060 g/mol. The van der Waals surface area contributed by atoms with E-state index in [9.17, 15) is 87.5 Å². The van der Waals surface area contributed by atoms with E-state index in [1.54, 1.807) is 34.5 Å². The maximum Gasteiger partial charge on any atom is 1.00 e. The van der Waals surface area contributed by atoms with Gasteiger partial charge in [-0.3, -0.25) is 47.9 Å². The van der Waals surface area contributed by atoms with E-state index in [1.807, 2.05) is 209 Å². The standard InChI is InChI=1S/C38H41N2O6PSSi.C35H33N2O6PS.C17H18N2O5S.C14H14N2O5S.Na/c1-6-22-45-38(44)37(47(28-16-10-7-11-17-28,29-18-12-8-13-19-29)30-20-14-9-15-21-30)40-31(34(36(40)43)26(2)46-49(3,4)5)24-32(41)27-23-33(35(39)42)48-25-27;1-3-19-43-35(42)34(37-28(31(23(2)38)33(37)41)21-29(39)24-20-30(32(36)40)45-22-24)44(25-13-7-4-8-14-25,26-15-9-5-10-16-26)27-17-11-6-12-18-27;1-3-4-24-17(23)14-10(9-5-12(15(18)21)25-7-9)6-11-13(8(2)20)16(22)19(11)14;1-5(17)10-8-3-7(6-2-9(12(15)18)22-4-6)11(14(20)21)16(8)13(10)19;/h6-21,23,25-26,31,34H,1,22,24H2,2-5H3,(H2,39,42);3-18,20,22-23,28,31,38H,1,19,21H2,2H3,(H2,36,40);3,5,7-8,11,13,20H,1,4,6H2,2H3,(H2,18,21);2,4-5,8,10,17H,3H2,1H3,(H2,15,18)(H,20,21);/q;;;;+1/p-1/t26-,31-,34-;23-,28-,31-;8-,11-,13-;5-,8-,10-;/m1111./s1. The van der Waals surface area contributed by atoms with E-state index in [0.29, 0.717) is 50.4 Å². The molecule has 4 aromatic heterocycles. The van der Waals surface area contributed by atoms with Crippen LogP contribution >= 0.6 is 59.1 Å². The quantitative estimate of drug-likeness (QED) is 0.00475. The maximum atomic E-state index is 14.7. The molecule has 732 valence electrons. The zero-order valence-corrected chi connectivity index (χ0v) is 86.9. The molecule has 0 saturated carbocycles. The number of nitrogens with zero attached hydrogens (tertiary/aromatic N) is 4. The number of primary amides is 4. The summed E-state index contributed by atoms with van der Waals surface area (Å²) in [6.07, 6.45) is 1.51. The zero-order chi connectivity index (χ0) is 102. The second-order valence-corrected chi connectivity index (χ2v) is 49.6. The fourth-order valence-electron chi connectivity index (χ4n) is 18.8. The minimum atomic E-state index is -3.18. The minimum absolute atomic E-state index is 0. The number of carboxylic acids is 1. The second-order valence-electron chi connectivity index (χ2n) is 34.9. The summed E-state index contributed by atoms with van der Waals surface area (Å²) >= 11 is 4.44. The molecular formula is C104H105N8NaO22P2S4Si. The normalized spacial score (nSPS) is 19.0. The van der Waals surface area contributed by atoms with E-state index in [4.69, 9.17) is 41.6 Å². The third kappa shape index (κ3) is 22.0. The number of hydrogen-bond donors (Lipinski definition) is 7. The maximum absolute atomic E-state index is 14.7. The first kappa shape index (κ1) is 108. The van der Waals surface area contributed by atoms with E-state index >= 15 is 0 Å². The van der Waals surface area contributed by atoms with Gasteiger partial charge in [0.25, 0.3) is 23.6 Å². The Balaban J connectivity index is 0.000000177. The van der Waals surface area contributed by atoms with Gasteiger partial charge in [-0.15, -0.1) is 45.3 Å². The van der Waals surface area contributed by atoms with Crippen LogP contribution in [-0.2, 0) is 57.0 Å².